The van der Waals surface area contributed by atoms with Crippen molar-refractivity contribution in [1.29, 1.82) is 0 Å². The molecule has 17 heavy (non-hydrogen) atoms. The maximum atomic E-state index is 12.1. The van der Waals surface area contributed by atoms with Crippen molar-refractivity contribution in [2.24, 2.45) is 0 Å². The Hall–Kier alpha value is -1.26. The van der Waals surface area contributed by atoms with Crippen LogP contribution in [0.25, 0.3) is 0 Å². The summed E-state index contributed by atoms with van der Waals surface area (Å²) in [6, 6.07) is 1.19. The number of pyridine rings is 1. The van der Waals surface area contributed by atoms with Gasteiger partial charge >= 0.3 is 12.3 Å². The molecule has 0 aliphatic heterocycles. The van der Waals surface area contributed by atoms with Crippen molar-refractivity contribution in [3.05, 3.63) is 15.3 Å². The second-order valence-corrected chi connectivity index (χ2v) is 3.79. The highest BCUT2D eigenvalue weighted by atomic mass is 127. The molecule has 0 bridgehead atoms. The normalized spacial score (nSPS) is 11.1. The van der Waals surface area contributed by atoms with Gasteiger partial charge in [0.05, 0.1) is 7.11 Å². The van der Waals surface area contributed by atoms with Gasteiger partial charge in [0, 0.05) is 6.07 Å². The Bertz CT molecular complexity index is 449. The van der Waals surface area contributed by atoms with Gasteiger partial charge in [-0.05, 0) is 22.6 Å². The molecule has 0 spiro atoms. The minimum absolute atomic E-state index is 0.115. The molecule has 0 amide bonds. The third kappa shape index (κ3) is 3.61. The second kappa shape index (κ2) is 4.94. The van der Waals surface area contributed by atoms with Gasteiger partial charge in [0.2, 0.25) is 5.88 Å². The minimum atomic E-state index is -5.02. The van der Waals surface area contributed by atoms with Crippen LogP contribution in [0.1, 0.15) is 10.4 Å². The van der Waals surface area contributed by atoms with E-state index in [1.54, 1.807) is 22.6 Å². The number of carboxylic acid groups (broad SMARTS) is 1. The van der Waals surface area contributed by atoms with Gasteiger partial charge in [-0.25, -0.2) is 9.78 Å². The summed E-state index contributed by atoms with van der Waals surface area (Å²) in [5.74, 6) is -2.92. The molecule has 94 valence electrons. The van der Waals surface area contributed by atoms with Crippen LogP contribution in [0.3, 0.4) is 0 Å². The molecule has 1 aromatic heterocycles. The van der Waals surface area contributed by atoms with Gasteiger partial charge < -0.3 is 14.6 Å². The molecule has 0 saturated carbocycles. The number of halogens is 4. The highest BCUT2D eigenvalue weighted by Gasteiger charge is 2.35. The van der Waals surface area contributed by atoms with Gasteiger partial charge in [-0.2, -0.15) is 0 Å². The summed E-state index contributed by atoms with van der Waals surface area (Å²) in [7, 11) is 1.13. The number of methoxy groups -OCH3 is 1. The standard InChI is InChI=1S/C8H5F3INO4/c1-16-3-2-4(12)13-6(5(3)7(14)15)17-8(9,10)11/h2H,1H3,(H,14,15). The van der Waals surface area contributed by atoms with Crippen molar-refractivity contribution >= 4 is 28.6 Å². The number of carboxylic acids is 1. The Balaban J connectivity index is 3.35. The van der Waals surface area contributed by atoms with Crippen LogP contribution < -0.4 is 9.47 Å². The van der Waals surface area contributed by atoms with E-state index in [1.807, 2.05) is 0 Å². The zero-order chi connectivity index (χ0) is 13.2. The summed E-state index contributed by atoms with van der Waals surface area (Å²) >= 11 is 1.61. The first-order valence-corrected chi connectivity index (χ1v) is 5.06. The quantitative estimate of drug-likeness (QED) is 0.660. The predicted molar refractivity (Wildman–Crippen MR) is 57.1 cm³/mol. The van der Waals surface area contributed by atoms with Crippen LogP contribution in [-0.2, 0) is 0 Å². The van der Waals surface area contributed by atoms with E-state index < -0.39 is 23.8 Å². The first-order valence-electron chi connectivity index (χ1n) is 3.98. The van der Waals surface area contributed by atoms with Crippen LogP contribution in [0.4, 0.5) is 13.2 Å². The van der Waals surface area contributed by atoms with E-state index in [1.165, 1.54) is 6.07 Å². The van der Waals surface area contributed by atoms with Gasteiger partial charge in [0.25, 0.3) is 0 Å². The molecule has 0 radical (unpaired) electrons. The summed E-state index contributed by atoms with van der Waals surface area (Å²) in [5.41, 5.74) is -0.773. The zero-order valence-corrected chi connectivity index (χ0v) is 10.4. The van der Waals surface area contributed by atoms with Gasteiger partial charge in [-0.3, -0.25) is 0 Å². The lowest BCUT2D eigenvalue weighted by Crippen LogP contribution is -2.20. The summed E-state index contributed by atoms with van der Waals surface area (Å²) in [6.45, 7) is 0. The third-order valence-electron chi connectivity index (χ3n) is 1.56. The van der Waals surface area contributed by atoms with Crippen molar-refractivity contribution in [3.63, 3.8) is 0 Å². The Morgan fingerprint density at radius 1 is 1.53 bits per heavy atom. The lowest BCUT2D eigenvalue weighted by Gasteiger charge is -2.12. The predicted octanol–water partition coefficient (Wildman–Crippen LogP) is 2.29. The van der Waals surface area contributed by atoms with Crippen molar-refractivity contribution < 1.29 is 32.5 Å². The smallest absolute Gasteiger partial charge is 0.496 e. The first kappa shape index (κ1) is 13.8. The van der Waals surface area contributed by atoms with Crippen LogP contribution in [0.15, 0.2) is 6.07 Å². The summed E-state index contributed by atoms with van der Waals surface area (Å²) in [5, 5.41) is 8.80. The number of rotatable bonds is 3. The average molecular weight is 363 g/mol. The number of ether oxygens (including phenoxy) is 2. The van der Waals surface area contributed by atoms with E-state index in [9.17, 15) is 18.0 Å². The van der Waals surface area contributed by atoms with Crippen LogP contribution >= 0.6 is 22.6 Å². The lowest BCUT2D eigenvalue weighted by atomic mass is 10.2. The molecule has 0 saturated heterocycles. The molecule has 1 heterocycles. The summed E-state index contributed by atoms with van der Waals surface area (Å²) in [6.07, 6.45) is -5.02. The van der Waals surface area contributed by atoms with E-state index in [-0.39, 0.29) is 9.45 Å². The molecule has 1 N–H and O–H groups in total. The Morgan fingerprint density at radius 2 is 2.12 bits per heavy atom. The fourth-order valence-electron chi connectivity index (χ4n) is 1.01. The molecule has 1 aromatic rings. The van der Waals surface area contributed by atoms with Crippen LogP contribution in [0.2, 0.25) is 0 Å². The SMILES string of the molecule is COc1cc(I)nc(OC(F)(F)F)c1C(=O)O. The van der Waals surface area contributed by atoms with Crippen molar-refractivity contribution in [2.45, 2.75) is 6.36 Å². The topological polar surface area (TPSA) is 68.7 Å². The van der Waals surface area contributed by atoms with Crippen LogP contribution in [-0.4, -0.2) is 29.5 Å². The largest absolute Gasteiger partial charge is 0.574 e. The van der Waals surface area contributed by atoms with Crippen LogP contribution in [0.5, 0.6) is 11.6 Å². The molecule has 9 heteroatoms. The molecule has 5 nitrogen and oxygen atoms in total. The van der Waals surface area contributed by atoms with Crippen LogP contribution in [0, 0.1) is 3.70 Å². The Morgan fingerprint density at radius 3 is 2.53 bits per heavy atom. The van der Waals surface area contributed by atoms with E-state index >= 15 is 0 Å². The lowest BCUT2D eigenvalue weighted by molar-refractivity contribution is -0.276. The Labute approximate surface area is 107 Å². The molecule has 0 aliphatic carbocycles. The third-order valence-corrected chi connectivity index (χ3v) is 2.12. The van der Waals surface area contributed by atoms with Gasteiger partial charge in [0.15, 0.2) is 5.56 Å². The fourth-order valence-corrected chi connectivity index (χ4v) is 1.51. The van der Waals surface area contributed by atoms with Gasteiger partial charge in [0.1, 0.15) is 9.45 Å². The number of aromatic nitrogens is 1. The van der Waals surface area contributed by atoms with Crippen molar-refractivity contribution in [2.75, 3.05) is 7.11 Å². The molecule has 0 aliphatic rings. The number of carbonyl (C=O) groups is 1. The number of aromatic carboxylic acids is 1. The summed E-state index contributed by atoms with van der Waals surface area (Å²) < 4.78 is 44.5. The van der Waals surface area contributed by atoms with Gasteiger partial charge in [-0.1, -0.05) is 0 Å². The number of hydrogen-bond donors (Lipinski definition) is 1. The molecule has 0 aromatic carbocycles. The van der Waals surface area contributed by atoms with E-state index in [2.05, 4.69) is 14.5 Å². The van der Waals surface area contributed by atoms with Crippen molar-refractivity contribution in [3.8, 4) is 11.6 Å². The highest BCUT2D eigenvalue weighted by Crippen LogP contribution is 2.32. The molecule has 0 unspecified atom stereocenters. The molecule has 0 atom stereocenters. The maximum absolute atomic E-state index is 12.1. The number of nitrogens with zero attached hydrogens (tertiary/aromatic N) is 1. The number of hydrogen-bond acceptors (Lipinski definition) is 4. The first-order chi connectivity index (χ1) is 7.74. The monoisotopic (exact) mass is 363 g/mol. The second-order valence-electron chi connectivity index (χ2n) is 2.68. The molecule has 1 rings (SSSR count). The molecular weight excluding hydrogens is 358 g/mol. The van der Waals surface area contributed by atoms with E-state index in [4.69, 9.17) is 5.11 Å². The zero-order valence-electron chi connectivity index (χ0n) is 8.21. The van der Waals surface area contributed by atoms with E-state index in [0.29, 0.717) is 0 Å². The fraction of sp³-hybridized carbons (Fsp3) is 0.250. The summed E-state index contributed by atoms with van der Waals surface area (Å²) in [4.78, 5) is 14.2. The Kier molecular flexibility index (Phi) is 4.01. The maximum Gasteiger partial charge on any atom is 0.574 e. The van der Waals surface area contributed by atoms with Gasteiger partial charge in [-0.15, -0.1) is 13.2 Å². The average Bonchev–Trinajstić information content (AvgIpc) is 2.12. The van der Waals surface area contributed by atoms with Crippen molar-refractivity contribution in [1.82, 2.24) is 4.98 Å². The van der Waals surface area contributed by atoms with E-state index in [0.717, 1.165) is 7.11 Å². The number of alkyl halides is 3. The highest BCUT2D eigenvalue weighted by molar-refractivity contribution is 14.1. The molecule has 0 fully saturated rings. The minimum Gasteiger partial charge on any atom is -0.496 e. The molecular formula is C8H5F3INO4.